The van der Waals surface area contributed by atoms with Crippen LogP contribution < -0.4 is 0 Å². The van der Waals surface area contributed by atoms with Crippen LogP contribution in [0.3, 0.4) is 0 Å². The first-order chi connectivity index (χ1) is 9.56. The van der Waals surface area contributed by atoms with Crippen LogP contribution in [0.15, 0.2) is 6.07 Å². The highest BCUT2D eigenvalue weighted by Crippen LogP contribution is 2.30. The summed E-state index contributed by atoms with van der Waals surface area (Å²) in [6.07, 6.45) is 2.31. The molecule has 0 bridgehead atoms. The van der Waals surface area contributed by atoms with Crippen LogP contribution in [0.4, 0.5) is 0 Å². The van der Waals surface area contributed by atoms with E-state index in [0.29, 0.717) is 17.8 Å². The van der Waals surface area contributed by atoms with Crippen molar-refractivity contribution >= 4 is 23.2 Å². The van der Waals surface area contributed by atoms with E-state index in [4.69, 9.17) is 0 Å². The molecule has 1 amide bonds. The minimum absolute atomic E-state index is 0.114. The molecule has 1 fully saturated rings. The maximum Gasteiger partial charge on any atom is 0.326 e. The Labute approximate surface area is 121 Å². The van der Waals surface area contributed by atoms with E-state index >= 15 is 0 Å². The van der Waals surface area contributed by atoms with E-state index in [0.717, 1.165) is 25.9 Å². The summed E-state index contributed by atoms with van der Waals surface area (Å²) in [4.78, 5) is 29.4. The highest BCUT2D eigenvalue weighted by molar-refractivity contribution is 7.14. The number of fused-ring (bicyclic) bond motifs is 1. The van der Waals surface area contributed by atoms with Crippen molar-refractivity contribution in [2.75, 3.05) is 20.1 Å². The normalized spacial score (nSPS) is 22.9. The number of hydrogen-bond acceptors (Lipinski definition) is 4. The number of likely N-dealkylation sites (tertiary alicyclic amines) is 1. The van der Waals surface area contributed by atoms with E-state index in [1.165, 1.54) is 26.7 Å². The Kier molecular flexibility index (Phi) is 3.52. The summed E-state index contributed by atoms with van der Waals surface area (Å²) in [6.45, 7) is 2.45. The molecule has 0 aliphatic carbocycles. The van der Waals surface area contributed by atoms with Crippen molar-refractivity contribution in [3.05, 3.63) is 21.4 Å². The summed E-state index contributed by atoms with van der Waals surface area (Å²) in [5.74, 6) is -1.01. The smallest absolute Gasteiger partial charge is 0.326 e. The molecule has 1 aromatic rings. The van der Waals surface area contributed by atoms with Gasteiger partial charge in [-0.2, -0.15) is 0 Å². The van der Waals surface area contributed by atoms with Gasteiger partial charge in [-0.3, -0.25) is 4.79 Å². The first-order valence-electron chi connectivity index (χ1n) is 6.90. The molecule has 3 rings (SSSR count). The Balaban J connectivity index is 1.82. The quantitative estimate of drug-likeness (QED) is 0.896. The maximum atomic E-state index is 12.5. The molecule has 2 aliphatic rings. The maximum absolute atomic E-state index is 12.5. The van der Waals surface area contributed by atoms with Gasteiger partial charge in [0.25, 0.3) is 5.91 Å². The minimum Gasteiger partial charge on any atom is -0.480 e. The largest absolute Gasteiger partial charge is 0.480 e. The van der Waals surface area contributed by atoms with Crippen LogP contribution in [-0.4, -0.2) is 53.0 Å². The molecule has 20 heavy (non-hydrogen) atoms. The van der Waals surface area contributed by atoms with Gasteiger partial charge in [-0.05, 0) is 37.9 Å². The molecule has 1 aromatic heterocycles. The van der Waals surface area contributed by atoms with Gasteiger partial charge in [-0.1, -0.05) is 0 Å². The molecular weight excluding hydrogens is 276 g/mol. The average molecular weight is 294 g/mol. The summed E-state index contributed by atoms with van der Waals surface area (Å²) in [5, 5.41) is 9.18. The lowest BCUT2D eigenvalue weighted by molar-refractivity contribution is -0.141. The lowest BCUT2D eigenvalue weighted by Crippen LogP contribution is -2.40. The van der Waals surface area contributed by atoms with Crippen molar-refractivity contribution in [3.8, 4) is 0 Å². The van der Waals surface area contributed by atoms with Crippen LogP contribution in [0.25, 0.3) is 0 Å². The first kappa shape index (κ1) is 13.6. The van der Waals surface area contributed by atoms with Gasteiger partial charge < -0.3 is 14.9 Å². The molecule has 0 aromatic carbocycles. The number of carboxylic acid groups (broad SMARTS) is 1. The minimum atomic E-state index is -0.892. The van der Waals surface area contributed by atoms with Crippen molar-refractivity contribution < 1.29 is 14.7 Å². The number of rotatable bonds is 2. The Morgan fingerprint density at radius 2 is 2.20 bits per heavy atom. The fourth-order valence-corrected chi connectivity index (χ4v) is 4.21. The van der Waals surface area contributed by atoms with E-state index in [2.05, 4.69) is 11.9 Å². The van der Waals surface area contributed by atoms with Crippen molar-refractivity contribution in [1.82, 2.24) is 9.80 Å². The average Bonchev–Trinajstić information content (AvgIpc) is 3.03. The number of carboxylic acids is 1. The third-order valence-electron chi connectivity index (χ3n) is 4.08. The van der Waals surface area contributed by atoms with E-state index in [9.17, 15) is 14.7 Å². The summed E-state index contributed by atoms with van der Waals surface area (Å²) in [5.41, 5.74) is 1.25. The predicted molar refractivity (Wildman–Crippen MR) is 76.1 cm³/mol. The van der Waals surface area contributed by atoms with Gasteiger partial charge in [0.15, 0.2) is 0 Å². The van der Waals surface area contributed by atoms with E-state index in [1.54, 1.807) is 0 Å². The molecule has 1 atom stereocenters. The molecule has 0 saturated carbocycles. The Bertz CT molecular complexity index is 555. The molecule has 1 N–H and O–H groups in total. The van der Waals surface area contributed by atoms with Crippen molar-refractivity contribution in [2.24, 2.45) is 0 Å². The monoisotopic (exact) mass is 294 g/mol. The molecule has 108 valence electrons. The lowest BCUT2D eigenvalue weighted by atomic mass is 10.1. The summed E-state index contributed by atoms with van der Waals surface area (Å²) in [7, 11) is 2.07. The zero-order chi connectivity index (χ0) is 14.3. The third-order valence-corrected chi connectivity index (χ3v) is 5.23. The number of hydrogen-bond donors (Lipinski definition) is 1. The summed E-state index contributed by atoms with van der Waals surface area (Å²) >= 11 is 1.52. The van der Waals surface area contributed by atoms with Crippen LogP contribution in [0.1, 0.15) is 33.0 Å². The van der Waals surface area contributed by atoms with Gasteiger partial charge in [0, 0.05) is 24.5 Å². The zero-order valence-corrected chi connectivity index (χ0v) is 12.3. The molecule has 3 heterocycles. The van der Waals surface area contributed by atoms with Gasteiger partial charge in [0.1, 0.15) is 6.04 Å². The molecule has 5 nitrogen and oxygen atoms in total. The van der Waals surface area contributed by atoms with Crippen molar-refractivity contribution in [1.29, 1.82) is 0 Å². The van der Waals surface area contributed by atoms with Crippen LogP contribution in [0, 0.1) is 0 Å². The van der Waals surface area contributed by atoms with E-state index in [1.807, 2.05) is 6.07 Å². The SMILES string of the molecule is CN1CCc2cc(C(=O)N3CCCC3C(=O)O)sc2C1. The van der Waals surface area contributed by atoms with Gasteiger partial charge in [0.2, 0.25) is 0 Å². The van der Waals surface area contributed by atoms with Crippen molar-refractivity contribution in [3.63, 3.8) is 0 Å². The zero-order valence-electron chi connectivity index (χ0n) is 11.5. The van der Waals surface area contributed by atoms with Crippen molar-refractivity contribution in [2.45, 2.75) is 31.8 Å². The Morgan fingerprint density at radius 3 is 2.95 bits per heavy atom. The van der Waals surface area contributed by atoms with Crippen LogP contribution in [0.5, 0.6) is 0 Å². The second kappa shape index (κ2) is 5.18. The van der Waals surface area contributed by atoms with Crippen LogP contribution >= 0.6 is 11.3 Å². The molecular formula is C14H18N2O3S. The summed E-state index contributed by atoms with van der Waals surface area (Å²) < 4.78 is 0. The number of aliphatic carboxylic acids is 1. The third kappa shape index (κ3) is 2.33. The molecule has 0 spiro atoms. The standard InChI is InChI=1S/C14H18N2O3S/c1-15-6-4-9-7-11(20-12(9)8-15)13(17)16-5-2-3-10(16)14(18)19/h7,10H,2-6,8H2,1H3,(H,18,19). The van der Waals surface area contributed by atoms with Crippen LogP contribution in [0.2, 0.25) is 0 Å². The number of thiophene rings is 1. The number of carbonyl (C=O) groups is 2. The van der Waals surface area contributed by atoms with Crippen LogP contribution in [-0.2, 0) is 17.8 Å². The first-order valence-corrected chi connectivity index (χ1v) is 7.72. The fraction of sp³-hybridized carbons (Fsp3) is 0.571. The number of likely N-dealkylation sites (N-methyl/N-ethyl adjacent to an activating group) is 1. The lowest BCUT2D eigenvalue weighted by Gasteiger charge is -2.21. The van der Waals surface area contributed by atoms with E-state index in [-0.39, 0.29) is 5.91 Å². The van der Waals surface area contributed by atoms with Gasteiger partial charge in [-0.25, -0.2) is 4.79 Å². The fourth-order valence-electron chi connectivity index (χ4n) is 2.96. The predicted octanol–water partition coefficient (Wildman–Crippen LogP) is 1.43. The second-order valence-electron chi connectivity index (χ2n) is 5.54. The Hall–Kier alpha value is -1.40. The molecule has 0 radical (unpaired) electrons. The van der Waals surface area contributed by atoms with Gasteiger partial charge in [0.05, 0.1) is 4.88 Å². The topological polar surface area (TPSA) is 60.9 Å². The Morgan fingerprint density at radius 1 is 1.40 bits per heavy atom. The second-order valence-corrected chi connectivity index (χ2v) is 6.68. The molecule has 1 saturated heterocycles. The summed E-state index contributed by atoms with van der Waals surface area (Å²) in [6, 6.07) is 1.32. The van der Waals surface area contributed by atoms with E-state index < -0.39 is 12.0 Å². The highest BCUT2D eigenvalue weighted by atomic mass is 32.1. The highest BCUT2D eigenvalue weighted by Gasteiger charge is 2.35. The molecule has 1 unspecified atom stereocenters. The number of amides is 1. The van der Waals surface area contributed by atoms with Gasteiger partial charge in [-0.15, -0.1) is 11.3 Å². The van der Waals surface area contributed by atoms with Gasteiger partial charge >= 0.3 is 5.97 Å². The molecule has 6 heteroatoms. The number of nitrogens with zero attached hydrogens (tertiary/aromatic N) is 2. The number of carbonyl (C=O) groups excluding carboxylic acids is 1. The molecule has 2 aliphatic heterocycles.